The number of nitrogens with zero attached hydrogens (tertiary/aromatic N) is 2. The van der Waals surface area contributed by atoms with E-state index in [1.54, 1.807) is 0 Å². The number of halogens is 1. The Hall–Kier alpha value is 0.360. The molecule has 0 saturated carbocycles. The highest BCUT2D eigenvalue weighted by molar-refractivity contribution is 9.09. The lowest BCUT2D eigenvalue weighted by molar-refractivity contribution is -0.0168. The maximum Gasteiger partial charge on any atom is 0.0472 e. The van der Waals surface area contributed by atoms with Crippen molar-refractivity contribution in [3.05, 3.63) is 0 Å². The summed E-state index contributed by atoms with van der Waals surface area (Å²) in [6.45, 7) is 7.10. The van der Waals surface area contributed by atoms with Gasteiger partial charge in [0.05, 0.1) is 0 Å². The first-order valence-electron chi connectivity index (χ1n) is 8.29. The Morgan fingerprint density at radius 1 is 1.20 bits per heavy atom. The molecule has 3 heterocycles. The largest absolute Gasteiger partial charge is 0.381 e. The summed E-state index contributed by atoms with van der Waals surface area (Å²) in [7, 11) is 2.32. The first-order chi connectivity index (χ1) is 9.72. The molecule has 4 heteroatoms. The van der Waals surface area contributed by atoms with Crippen LogP contribution in [-0.2, 0) is 4.74 Å². The number of rotatable bonds is 3. The lowest BCUT2D eigenvalue weighted by atomic mass is 9.79. The van der Waals surface area contributed by atoms with Crippen LogP contribution in [0.4, 0.5) is 0 Å². The van der Waals surface area contributed by atoms with Gasteiger partial charge >= 0.3 is 0 Å². The van der Waals surface area contributed by atoms with Crippen molar-refractivity contribution in [1.29, 1.82) is 0 Å². The van der Waals surface area contributed by atoms with E-state index < -0.39 is 0 Å². The summed E-state index contributed by atoms with van der Waals surface area (Å²) in [5, 5.41) is 1.13. The Morgan fingerprint density at radius 2 is 2.00 bits per heavy atom. The van der Waals surface area contributed by atoms with E-state index in [-0.39, 0.29) is 0 Å². The van der Waals surface area contributed by atoms with Crippen molar-refractivity contribution in [3.8, 4) is 0 Å². The molecular formula is C16H29BrN2O. The Bertz CT molecular complexity index is 320. The van der Waals surface area contributed by atoms with Crippen LogP contribution in [0.3, 0.4) is 0 Å². The van der Waals surface area contributed by atoms with Gasteiger partial charge in [0.15, 0.2) is 0 Å². The van der Waals surface area contributed by atoms with Crippen LogP contribution in [0, 0.1) is 11.3 Å². The van der Waals surface area contributed by atoms with E-state index in [9.17, 15) is 0 Å². The fraction of sp³-hybridized carbons (Fsp3) is 1.00. The van der Waals surface area contributed by atoms with Crippen LogP contribution in [-0.4, -0.2) is 67.6 Å². The van der Waals surface area contributed by atoms with Gasteiger partial charge in [0, 0.05) is 37.7 Å². The zero-order valence-electron chi connectivity index (χ0n) is 12.8. The Labute approximate surface area is 132 Å². The lowest BCUT2D eigenvalue weighted by Crippen LogP contribution is -2.55. The molecule has 116 valence electrons. The van der Waals surface area contributed by atoms with Gasteiger partial charge in [-0.15, -0.1) is 0 Å². The van der Waals surface area contributed by atoms with E-state index in [1.807, 2.05) is 0 Å². The molecule has 2 atom stereocenters. The standard InChI is InChI=1S/C16H29BrN2O/c1-18-7-2-3-14-11-19(8-4-15(14)18)13-16(12-17)5-9-20-10-6-16/h14-15H,2-13H2,1H3. The van der Waals surface area contributed by atoms with E-state index >= 15 is 0 Å². The molecule has 2 unspecified atom stereocenters. The van der Waals surface area contributed by atoms with Gasteiger partial charge in [0.25, 0.3) is 0 Å². The van der Waals surface area contributed by atoms with Crippen LogP contribution in [0.15, 0.2) is 0 Å². The molecule has 3 fully saturated rings. The number of alkyl halides is 1. The molecule has 20 heavy (non-hydrogen) atoms. The van der Waals surface area contributed by atoms with Gasteiger partial charge in [-0.3, -0.25) is 0 Å². The average molecular weight is 345 g/mol. The van der Waals surface area contributed by atoms with Crippen molar-refractivity contribution in [3.63, 3.8) is 0 Å². The minimum atomic E-state index is 0.464. The number of fused-ring (bicyclic) bond motifs is 1. The number of hydrogen-bond donors (Lipinski definition) is 0. The minimum absolute atomic E-state index is 0.464. The highest BCUT2D eigenvalue weighted by atomic mass is 79.9. The van der Waals surface area contributed by atoms with Crippen molar-refractivity contribution in [2.45, 2.75) is 38.1 Å². The van der Waals surface area contributed by atoms with Crippen LogP contribution < -0.4 is 0 Å². The third kappa shape index (κ3) is 3.23. The Kier molecular flexibility index (Phi) is 5.06. The van der Waals surface area contributed by atoms with E-state index in [2.05, 4.69) is 32.8 Å². The van der Waals surface area contributed by atoms with Gasteiger partial charge in [0.2, 0.25) is 0 Å². The summed E-state index contributed by atoms with van der Waals surface area (Å²) in [6.07, 6.45) is 6.65. The predicted molar refractivity (Wildman–Crippen MR) is 86.5 cm³/mol. The molecule has 0 bridgehead atoms. The van der Waals surface area contributed by atoms with E-state index in [0.717, 1.165) is 30.5 Å². The number of piperidine rings is 2. The van der Waals surface area contributed by atoms with Crippen molar-refractivity contribution in [2.24, 2.45) is 11.3 Å². The van der Waals surface area contributed by atoms with Crippen molar-refractivity contribution in [1.82, 2.24) is 9.80 Å². The summed E-state index contributed by atoms with van der Waals surface area (Å²) in [6, 6.07) is 0.856. The molecule has 0 spiro atoms. The molecule has 3 aliphatic heterocycles. The maximum atomic E-state index is 5.57. The smallest absolute Gasteiger partial charge is 0.0472 e. The van der Waals surface area contributed by atoms with E-state index in [4.69, 9.17) is 4.74 Å². The van der Waals surface area contributed by atoms with Gasteiger partial charge in [-0.2, -0.15) is 0 Å². The minimum Gasteiger partial charge on any atom is -0.381 e. The van der Waals surface area contributed by atoms with Crippen molar-refractivity contribution < 1.29 is 4.74 Å². The summed E-state index contributed by atoms with van der Waals surface area (Å²) in [5.74, 6) is 0.912. The van der Waals surface area contributed by atoms with E-state index in [1.165, 1.54) is 58.3 Å². The third-order valence-electron chi connectivity index (χ3n) is 5.83. The van der Waals surface area contributed by atoms with Crippen molar-refractivity contribution in [2.75, 3.05) is 51.8 Å². The Balaban J connectivity index is 1.58. The SMILES string of the molecule is CN1CCCC2CN(CC3(CBr)CCOCC3)CCC21. The van der Waals surface area contributed by atoms with Crippen LogP contribution in [0.2, 0.25) is 0 Å². The third-order valence-corrected chi connectivity index (χ3v) is 7.02. The van der Waals surface area contributed by atoms with Gasteiger partial charge in [-0.05, 0) is 63.6 Å². The van der Waals surface area contributed by atoms with Gasteiger partial charge in [-0.1, -0.05) is 15.9 Å². The highest BCUT2D eigenvalue weighted by Gasteiger charge is 2.38. The second-order valence-electron chi connectivity index (χ2n) is 7.22. The maximum absolute atomic E-state index is 5.57. The molecule has 3 nitrogen and oxygen atoms in total. The molecular weight excluding hydrogens is 316 g/mol. The number of ether oxygens (including phenoxy) is 1. The molecule has 0 aromatic carbocycles. The first-order valence-corrected chi connectivity index (χ1v) is 9.41. The Morgan fingerprint density at radius 3 is 2.75 bits per heavy atom. The van der Waals surface area contributed by atoms with Crippen molar-refractivity contribution >= 4 is 15.9 Å². The molecule has 3 aliphatic rings. The molecule has 0 aromatic heterocycles. The number of hydrogen-bond acceptors (Lipinski definition) is 3. The topological polar surface area (TPSA) is 15.7 Å². The predicted octanol–water partition coefficient (Wildman–Crippen LogP) is 2.59. The molecule has 3 rings (SSSR count). The average Bonchev–Trinajstić information content (AvgIpc) is 2.48. The highest BCUT2D eigenvalue weighted by Crippen LogP contribution is 2.36. The molecule has 3 saturated heterocycles. The quantitative estimate of drug-likeness (QED) is 0.732. The van der Waals surface area contributed by atoms with Crippen LogP contribution in [0.25, 0.3) is 0 Å². The number of likely N-dealkylation sites (tertiary alicyclic amines) is 2. The van der Waals surface area contributed by atoms with Crippen LogP contribution in [0.1, 0.15) is 32.1 Å². The molecule has 0 amide bonds. The fourth-order valence-electron chi connectivity index (χ4n) is 4.48. The van der Waals surface area contributed by atoms with Gasteiger partial charge in [-0.25, -0.2) is 0 Å². The molecule has 0 N–H and O–H groups in total. The fourth-order valence-corrected chi connectivity index (χ4v) is 5.22. The zero-order chi connectivity index (χ0) is 14.0. The van der Waals surface area contributed by atoms with Gasteiger partial charge in [0.1, 0.15) is 0 Å². The monoisotopic (exact) mass is 344 g/mol. The molecule has 0 aromatic rings. The lowest BCUT2D eigenvalue weighted by Gasteiger charge is -2.48. The second-order valence-corrected chi connectivity index (χ2v) is 7.78. The summed E-state index contributed by atoms with van der Waals surface area (Å²) in [4.78, 5) is 5.37. The van der Waals surface area contributed by atoms with Crippen LogP contribution in [0.5, 0.6) is 0 Å². The van der Waals surface area contributed by atoms with E-state index in [0.29, 0.717) is 5.41 Å². The summed E-state index contributed by atoms with van der Waals surface area (Å²) < 4.78 is 5.57. The zero-order valence-corrected chi connectivity index (χ0v) is 14.4. The summed E-state index contributed by atoms with van der Waals surface area (Å²) in [5.41, 5.74) is 0.464. The second kappa shape index (κ2) is 6.64. The normalized spacial score (nSPS) is 35.7. The molecule has 0 aliphatic carbocycles. The first kappa shape index (κ1) is 15.3. The summed E-state index contributed by atoms with van der Waals surface area (Å²) >= 11 is 3.78. The molecule has 0 radical (unpaired) electrons. The van der Waals surface area contributed by atoms with Crippen LogP contribution >= 0.6 is 15.9 Å². The van der Waals surface area contributed by atoms with Gasteiger partial charge < -0.3 is 14.5 Å².